The summed E-state index contributed by atoms with van der Waals surface area (Å²) in [4.78, 5) is 4.35. The van der Waals surface area contributed by atoms with E-state index in [4.69, 9.17) is 11.6 Å². The second-order valence-corrected chi connectivity index (χ2v) is 4.24. The van der Waals surface area contributed by atoms with E-state index in [-0.39, 0.29) is 0 Å². The number of rotatable bonds is 1. The molecule has 0 saturated carbocycles. The normalized spacial score (nSPS) is 10.9. The lowest BCUT2D eigenvalue weighted by Crippen LogP contribution is -1.95. The van der Waals surface area contributed by atoms with Crippen molar-refractivity contribution in [2.45, 2.75) is 6.92 Å². The van der Waals surface area contributed by atoms with Crippen LogP contribution in [-0.2, 0) is 0 Å². The van der Waals surface area contributed by atoms with Crippen LogP contribution in [0.15, 0.2) is 42.5 Å². The first kappa shape index (κ1) is 10.3. The Morgan fingerprint density at radius 2 is 1.88 bits per heavy atom. The van der Waals surface area contributed by atoms with E-state index in [9.17, 15) is 0 Å². The van der Waals surface area contributed by atoms with Crippen molar-refractivity contribution in [1.29, 1.82) is 0 Å². The highest BCUT2D eigenvalue weighted by Crippen LogP contribution is 2.21. The fourth-order valence-corrected chi connectivity index (χ4v) is 2.07. The van der Waals surface area contributed by atoms with E-state index >= 15 is 0 Å². The maximum Gasteiger partial charge on any atom is 0.224 e. The summed E-state index contributed by atoms with van der Waals surface area (Å²) >= 11 is 6.11. The number of aromatic nitrogens is 3. The molecule has 3 rings (SSSR count). The molecule has 2 aromatic heterocycles. The van der Waals surface area contributed by atoms with Gasteiger partial charge in [0.1, 0.15) is 0 Å². The Bertz CT molecular complexity index is 674. The van der Waals surface area contributed by atoms with E-state index in [1.807, 2.05) is 49.4 Å². The van der Waals surface area contributed by atoms with E-state index in [0.29, 0.717) is 5.28 Å². The van der Waals surface area contributed by atoms with Crippen LogP contribution < -0.4 is 0 Å². The number of hydrogen-bond acceptors (Lipinski definition) is 2. The Kier molecular flexibility index (Phi) is 2.34. The molecule has 0 aliphatic heterocycles. The highest BCUT2D eigenvalue weighted by Gasteiger charge is 2.07. The van der Waals surface area contributed by atoms with E-state index in [1.165, 1.54) is 0 Å². The summed E-state index contributed by atoms with van der Waals surface area (Å²) in [6.45, 7) is 1.94. The minimum atomic E-state index is 0.384. The van der Waals surface area contributed by atoms with Crippen molar-refractivity contribution in [3.63, 3.8) is 0 Å². The molecule has 17 heavy (non-hydrogen) atoms. The zero-order chi connectivity index (χ0) is 11.8. The largest absolute Gasteiger partial charge is 0.224 e. The molecule has 84 valence electrons. The van der Waals surface area contributed by atoms with Gasteiger partial charge in [0.25, 0.3) is 0 Å². The van der Waals surface area contributed by atoms with E-state index in [1.54, 1.807) is 4.52 Å². The first-order valence-electron chi connectivity index (χ1n) is 5.32. The quantitative estimate of drug-likeness (QED) is 0.614. The van der Waals surface area contributed by atoms with Gasteiger partial charge in [-0.05, 0) is 30.7 Å². The van der Waals surface area contributed by atoms with Crippen molar-refractivity contribution in [3.8, 4) is 11.3 Å². The molecule has 0 saturated heterocycles. The number of aryl methyl sites for hydroxylation is 1. The van der Waals surface area contributed by atoms with Gasteiger partial charge in [-0.1, -0.05) is 30.3 Å². The topological polar surface area (TPSA) is 30.2 Å². The summed E-state index contributed by atoms with van der Waals surface area (Å²) < 4.78 is 1.64. The smallest absolute Gasteiger partial charge is 0.218 e. The first-order valence-corrected chi connectivity index (χ1v) is 5.70. The molecule has 3 nitrogen and oxygen atoms in total. The molecule has 0 spiro atoms. The van der Waals surface area contributed by atoms with Crippen molar-refractivity contribution in [2.75, 3.05) is 0 Å². The molecule has 2 heterocycles. The van der Waals surface area contributed by atoms with Crippen LogP contribution in [0.1, 0.15) is 5.69 Å². The van der Waals surface area contributed by atoms with Crippen LogP contribution in [0, 0.1) is 6.92 Å². The monoisotopic (exact) mass is 243 g/mol. The molecule has 0 fully saturated rings. The molecular formula is C13H10ClN3. The lowest BCUT2D eigenvalue weighted by molar-refractivity contribution is 0.904. The van der Waals surface area contributed by atoms with E-state index in [2.05, 4.69) is 10.1 Å². The van der Waals surface area contributed by atoms with Crippen LogP contribution in [0.3, 0.4) is 0 Å². The van der Waals surface area contributed by atoms with Crippen molar-refractivity contribution < 1.29 is 0 Å². The molecule has 4 heteroatoms. The Hall–Kier alpha value is -1.87. The Labute approximate surface area is 104 Å². The molecule has 0 atom stereocenters. The Morgan fingerprint density at radius 1 is 1.12 bits per heavy atom. The van der Waals surface area contributed by atoms with Crippen molar-refractivity contribution >= 4 is 17.1 Å². The number of benzene rings is 1. The zero-order valence-corrected chi connectivity index (χ0v) is 10.0. The number of halogens is 1. The molecular weight excluding hydrogens is 234 g/mol. The van der Waals surface area contributed by atoms with Crippen LogP contribution in [0.2, 0.25) is 5.28 Å². The molecule has 0 radical (unpaired) electrons. The van der Waals surface area contributed by atoms with Crippen LogP contribution in [-0.4, -0.2) is 14.6 Å². The lowest BCUT2D eigenvalue weighted by atomic mass is 10.1. The van der Waals surface area contributed by atoms with Crippen molar-refractivity contribution in [3.05, 3.63) is 53.4 Å². The van der Waals surface area contributed by atoms with Gasteiger partial charge in [0.05, 0.1) is 16.9 Å². The maximum absolute atomic E-state index is 6.11. The zero-order valence-electron chi connectivity index (χ0n) is 9.26. The third-order valence-electron chi connectivity index (χ3n) is 2.60. The molecule has 1 aromatic carbocycles. The number of fused-ring (bicyclic) bond motifs is 1. The summed E-state index contributed by atoms with van der Waals surface area (Å²) in [7, 11) is 0. The molecule has 0 amide bonds. The van der Waals surface area contributed by atoms with Gasteiger partial charge < -0.3 is 0 Å². The Morgan fingerprint density at radius 3 is 2.65 bits per heavy atom. The molecule has 0 unspecified atom stereocenters. The summed E-state index contributed by atoms with van der Waals surface area (Å²) in [5, 5.41) is 4.65. The maximum atomic E-state index is 6.11. The fraction of sp³-hybridized carbons (Fsp3) is 0.0769. The van der Waals surface area contributed by atoms with Gasteiger partial charge in [-0.2, -0.15) is 5.10 Å². The summed E-state index contributed by atoms with van der Waals surface area (Å²) in [6, 6.07) is 13.9. The van der Waals surface area contributed by atoms with Crippen LogP contribution in [0.4, 0.5) is 0 Å². The van der Waals surface area contributed by atoms with Gasteiger partial charge in [0.2, 0.25) is 5.28 Å². The van der Waals surface area contributed by atoms with E-state index < -0.39 is 0 Å². The standard InChI is InChI=1S/C13H10ClN3/c1-9-7-11-8-12(10-5-3-2-4-6-10)15-13(14)17(11)16-9/h2-8H,1H3. The molecule has 0 aliphatic carbocycles. The third-order valence-corrected chi connectivity index (χ3v) is 2.85. The van der Waals surface area contributed by atoms with E-state index in [0.717, 1.165) is 22.5 Å². The summed E-state index contributed by atoms with van der Waals surface area (Å²) in [5.74, 6) is 0. The average molecular weight is 244 g/mol. The highest BCUT2D eigenvalue weighted by atomic mass is 35.5. The van der Waals surface area contributed by atoms with Crippen LogP contribution in [0.5, 0.6) is 0 Å². The number of nitrogens with zero attached hydrogens (tertiary/aromatic N) is 3. The van der Waals surface area contributed by atoms with Crippen molar-refractivity contribution in [1.82, 2.24) is 14.6 Å². The SMILES string of the molecule is Cc1cc2cc(-c3ccccc3)nc(Cl)n2n1. The predicted molar refractivity (Wildman–Crippen MR) is 68.2 cm³/mol. The third kappa shape index (κ3) is 1.78. The van der Waals surface area contributed by atoms with Crippen LogP contribution in [0.25, 0.3) is 16.8 Å². The minimum Gasteiger partial charge on any atom is -0.218 e. The Balaban J connectivity index is 2.25. The second-order valence-electron chi connectivity index (χ2n) is 3.90. The first-order chi connectivity index (χ1) is 8.24. The summed E-state index contributed by atoms with van der Waals surface area (Å²) in [6.07, 6.45) is 0. The second kappa shape index (κ2) is 3.86. The minimum absolute atomic E-state index is 0.384. The molecule has 0 aliphatic rings. The fourth-order valence-electron chi connectivity index (χ4n) is 1.85. The highest BCUT2D eigenvalue weighted by molar-refractivity contribution is 6.28. The van der Waals surface area contributed by atoms with Crippen molar-refractivity contribution in [2.24, 2.45) is 0 Å². The van der Waals surface area contributed by atoms with Gasteiger partial charge >= 0.3 is 0 Å². The van der Waals surface area contributed by atoms with Gasteiger partial charge in [-0.3, -0.25) is 0 Å². The molecule has 0 N–H and O–H groups in total. The van der Waals surface area contributed by atoms with Gasteiger partial charge in [-0.15, -0.1) is 0 Å². The van der Waals surface area contributed by atoms with Crippen LogP contribution >= 0.6 is 11.6 Å². The van der Waals surface area contributed by atoms with Gasteiger partial charge in [0, 0.05) is 5.56 Å². The average Bonchev–Trinajstić information content (AvgIpc) is 2.71. The summed E-state index contributed by atoms with van der Waals surface area (Å²) in [5.41, 5.74) is 3.80. The van der Waals surface area contributed by atoms with Gasteiger partial charge in [-0.25, -0.2) is 9.50 Å². The predicted octanol–water partition coefficient (Wildman–Crippen LogP) is 3.36. The number of hydrogen-bond donors (Lipinski definition) is 0. The lowest BCUT2D eigenvalue weighted by Gasteiger charge is -2.02. The molecule has 0 bridgehead atoms. The molecule has 3 aromatic rings. The van der Waals surface area contributed by atoms with Gasteiger partial charge in [0.15, 0.2) is 0 Å².